The minimum Gasteiger partial charge on any atom is -0.387 e. The zero-order chi connectivity index (χ0) is 14.7. The zero-order valence-electron chi connectivity index (χ0n) is 10.8. The standard InChI is InChI=1S/C13H16F2N2O3/c14-13(15)8-16(10-4-5-10)7-12(18)9-2-1-3-11(6-9)17(19)20/h1-3,6,10,12-13,18H,4-5,7-8H2. The number of hydrogen-bond acceptors (Lipinski definition) is 4. The van der Waals surface area contributed by atoms with E-state index in [0.29, 0.717) is 5.56 Å². The SMILES string of the molecule is O=[N+]([O-])c1cccc(C(O)CN(CC(F)F)C2CC2)c1. The first-order valence-electron chi connectivity index (χ1n) is 6.42. The lowest BCUT2D eigenvalue weighted by Gasteiger charge is -2.24. The van der Waals surface area contributed by atoms with Crippen molar-refractivity contribution in [3.8, 4) is 0 Å². The summed E-state index contributed by atoms with van der Waals surface area (Å²) >= 11 is 0. The summed E-state index contributed by atoms with van der Waals surface area (Å²) in [5.74, 6) is 0. The van der Waals surface area contributed by atoms with Crippen molar-refractivity contribution in [2.45, 2.75) is 31.4 Å². The molecule has 1 aliphatic carbocycles. The third-order valence-electron chi connectivity index (χ3n) is 3.31. The van der Waals surface area contributed by atoms with Crippen molar-refractivity contribution in [2.24, 2.45) is 0 Å². The Morgan fingerprint density at radius 2 is 2.10 bits per heavy atom. The molecular formula is C13H16F2N2O3. The first-order valence-corrected chi connectivity index (χ1v) is 6.42. The summed E-state index contributed by atoms with van der Waals surface area (Å²) in [6, 6.07) is 5.74. The molecule has 0 spiro atoms. The van der Waals surface area contributed by atoms with Crippen molar-refractivity contribution >= 4 is 5.69 Å². The van der Waals surface area contributed by atoms with Gasteiger partial charge in [-0.1, -0.05) is 12.1 Å². The van der Waals surface area contributed by atoms with E-state index in [1.807, 2.05) is 0 Å². The number of aliphatic hydroxyl groups is 1. The molecule has 1 N–H and O–H groups in total. The first-order chi connectivity index (χ1) is 9.47. The fourth-order valence-electron chi connectivity index (χ4n) is 2.16. The van der Waals surface area contributed by atoms with E-state index >= 15 is 0 Å². The van der Waals surface area contributed by atoms with Gasteiger partial charge in [-0.05, 0) is 18.4 Å². The second-order valence-corrected chi connectivity index (χ2v) is 4.94. The van der Waals surface area contributed by atoms with Crippen LogP contribution in [0.25, 0.3) is 0 Å². The number of hydrogen-bond donors (Lipinski definition) is 1. The molecule has 0 radical (unpaired) electrons. The van der Waals surface area contributed by atoms with Gasteiger partial charge in [0.05, 0.1) is 17.6 Å². The number of nitro groups is 1. The normalized spacial score (nSPS) is 16.6. The Bertz CT molecular complexity index is 480. The molecular weight excluding hydrogens is 270 g/mol. The molecule has 2 rings (SSSR count). The van der Waals surface area contributed by atoms with Gasteiger partial charge in [-0.2, -0.15) is 0 Å². The van der Waals surface area contributed by atoms with Crippen LogP contribution in [0.4, 0.5) is 14.5 Å². The van der Waals surface area contributed by atoms with Crippen LogP contribution in [0.15, 0.2) is 24.3 Å². The van der Waals surface area contributed by atoms with Gasteiger partial charge in [-0.3, -0.25) is 15.0 Å². The van der Waals surface area contributed by atoms with Gasteiger partial charge in [0.2, 0.25) is 0 Å². The van der Waals surface area contributed by atoms with Crippen LogP contribution in [0.3, 0.4) is 0 Å². The highest BCUT2D eigenvalue weighted by atomic mass is 19.3. The maximum atomic E-state index is 12.5. The van der Waals surface area contributed by atoms with E-state index in [1.54, 1.807) is 11.0 Å². The van der Waals surface area contributed by atoms with E-state index in [0.717, 1.165) is 12.8 Å². The molecule has 1 aromatic rings. The Morgan fingerprint density at radius 3 is 2.65 bits per heavy atom. The fraction of sp³-hybridized carbons (Fsp3) is 0.538. The number of nitro benzene ring substituents is 1. The van der Waals surface area contributed by atoms with Gasteiger partial charge >= 0.3 is 0 Å². The Morgan fingerprint density at radius 1 is 1.40 bits per heavy atom. The third-order valence-corrected chi connectivity index (χ3v) is 3.31. The number of alkyl halides is 2. The second kappa shape index (κ2) is 6.23. The van der Waals surface area contributed by atoms with E-state index in [1.165, 1.54) is 18.2 Å². The Hall–Kier alpha value is -1.60. The lowest BCUT2D eigenvalue weighted by molar-refractivity contribution is -0.385. The van der Waals surface area contributed by atoms with Crippen LogP contribution in [-0.4, -0.2) is 40.5 Å². The van der Waals surface area contributed by atoms with E-state index in [9.17, 15) is 24.0 Å². The smallest absolute Gasteiger partial charge is 0.269 e. The Balaban J connectivity index is 2.04. The number of rotatable bonds is 7. The molecule has 0 aromatic heterocycles. The molecule has 1 unspecified atom stereocenters. The van der Waals surface area contributed by atoms with Gasteiger partial charge in [0.25, 0.3) is 12.1 Å². The summed E-state index contributed by atoms with van der Waals surface area (Å²) in [7, 11) is 0. The Labute approximate surface area is 115 Å². The van der Waals surface area contributed by atoms with Gasteiger partial charge in [-0.15, -0.1) is 0 Å². The zero-order valence-corrected chi connectivity index (χ0v) is 10.8. The average Bonchev–Trinajstić information content (AvgIpc) is 3.21. The van der Waals surface area contributed by atoms with Crippen LogP contribution in [-0.2, 0) is 0 Å². The van der Waals surface area contributed by atoms with Crippen LogP contribution in [0.2, 0.25) is 0 Å². The van der Waals surface area contributed by atoms with Gasteiger partial charge in [0, 0.05) is 24.7 Å². The highest BCUT2D eigenvalue weighted by Gasteiger charge is 2.32. The van der Waals surface area contributed by atoms with Crippen molar-refractivity contribution < 1.29 is 18.8 Å². The fourth-order valence-corrected chi connectivity index (χ4v) is 2.16. The average molecular weight is 286 g/mol. The number of nitrogens with zero attached hydrogens (tertiary/aromatic N) is 2. The summed E-state index contributed by atoms with van der Waals surface area (Å²) in [6.45, 7) is -0.313. The molecule has 0 heterocycles. The van der Waals surface area contributed by atoms with E-state index in [-0.39, 0.29) is 24.8 Å². The topological polar surface area (TPSA) is 66.6 Å². The van der Waals surface area contributed by atoms with Crippen molar-refractivity contribution in [2.75, 3.05) is 13.1 Å². The number of benzene rings is 1. The number of aliphatic hydroxyl groups excluding tert-OH is 1. The van der Waals surface area contributed by atoms with Crippen molar-refractivity contribution in [3.05, 3.63) is 39.9 Å². The molecule has 0 saturated heterocycles. The van der Waals surface area contributed by atoms with Crippen LogP contribution < -0.4 is 0 Å². The first kappa shape index (κ1) is 14.8. The molecule has 0 bridgehead atoms. The lowest BCUT2D eigenvalue weighted by atomic mass is 10.1. The Kier molecular flexibility index (Phi) is 4.61. The summed E-state index contributed by atoms with van der Waals surface area (Å²) in [6.07, 6.45) is -1.75. The molecule has 1 saturated carbocycles. The van der Waals surface area contributed by atoms with Gasteiger partial charge in [0.15, 0.2) is 0 Å². The predicted octanol–water partition coefficient (Wildman–Crippen LogP) is 2.36. The van der Waals surface area contributed by atoms with Gasteiger partial charge in [-0.25, -0.2) is 8.78 Å². The molecule has 0 aliphatic heterocycles. The third kappa shape index (κ3) is 3.94. The minimum atomic E-state index is -2.45. The summed E-state index contributed by atoms with van der Waals surface area (Å²) < 4.78 is 25.0. The van der Waals surface area contributed by atoms with Gasteiger partial charge < -0.3 is 5.11 Å². The number of halogens is 2. The van der Waals surface area contributed by atoms with Crippen LogP contribution in [0.1, 0.15) is 24.5 Å². The lowest BCUT2D eigenvalue weighted by Crippen LogP contribution is -2.34. The highest BCUT2D eigenvalue weighted by molar-refractivity contribution is 5.35. The minimum absolute atomic E-state index is 0.0656. The summed E-state index contributed by atoms with van der Waals surface area (Å²) in [5, 5.41) is 20.8. The molecule has 0 amide bonds. The van der Waals surface area contributed by atoms with Crippen LogP contribution in [0.5, 0.6) is 0 Å². The predicted molar refractivity (Wildman–Crippen MR) is 68.7 cm³/mol. The van der Waals surface area contributed by atoms with E-state index in [4.69, 9.17) is 0 Å². The molecule has 5 nitrogen and oxygen atoms in total. The van der Waals surface area contributed by atoms with Crippen LogP contribution in [0, 0.1) is 10.1 Å². The highest BCUT2D eigenvalue weighted by Crippen LogP contribution is 2.30. The molecule has 20 heavy (non-hydrogen) atoms. The van der Waals surface area contributed by atoms with Crippen molar-refractivity contribution in [1.82, 2.24) is 4.90 Å². The molecule has 1 atom stereocenters. The quantitative estimate of drug-likeness (QED) is 0.617. The van der Waals surface area contributed by atoms with E-state index < -0.39 is 17.5 Å². The largest absolute Gasteiger partial charge is 0.387 e. The maximum absolute atomic E-state index is 12.5. The summed E-state index contributed by atoms with van der Waals surface area (Å²) in [4.78, 5) is 11.7. The monoisotopic (exact) mass is 286 g/mol. The summed E-state index contributed by atoms with van der Waals surface area (Å²) in [5.41, 5.74) is 0.257. The van der Waals surface area contributed by atoms with Crippen molar-refractivity contribution in [1.29, 1.82) is 0 Å². The molecule has 7 heteroatoms. The molecule has 1 aliphatic rings. The maximum Gasteiger partial charge on any atom is 0.269 e. The number of non-ortho nitro benzene ring substituents is 1. The second-order valence-electron chi connectivity index (χ2n) is 4.94. The van der Waals surface area contributed by atoms with Crippen molar-refractivity contribution in [3.63, 3.8) is 0 Å². The van der Waals surface area contributed by atoms with E-state index in [2.05, 4.69) is 0 Å². The molecule has 110 valence electrons. The molecule has 1 fully saturated rings. The van der Waals surface area contributed by atoms with Gasteiger partial charge in [0.1, 0.15) is 0 Å². The molecule has 1 aromatic carbocycles. The van der Waals surface area contributed by atoms with Crippen LogP contribution >= 0.6 is 0 Å².